The van der Waals surface area contributed by atoms with Gasteiger partial charge < -0.3 is 14.2 Å². The van der Waals surface area contributed by atoms with Gasteiger partial charge in [0.1, 0.15) is 12.7 Å². The van der Waals surface area contributed by atoms with Crippen molar-refractivity contribution >= 4 is 17.9 Å². The van der Waals surface area contributed by atoms with Gasteiger partial charge in [0.05, 0.1) is 12.2 Å². The molecule has 29 heavy (non-hydrogen) atoms. The number of ether oxygens (including phenoxy) is 3. The Labute approximate surface area is 171 Å². The molecule has 1 saturated carbocycles. The smallest absolute Gasteiger partial charge is 0.338 e. The zero-order valence-corrected chi connectivity index (χ0v) is 17.1. The van der Waals surface area contributed by atoms with Crippen LogP contribution in [0.1, 0.15) is 55.5 Å². The van der Waals surface area contributed by atoms with Crippen molar-refractivity contribution in [3.05, 3.63) is 59.7 Å². The normalized spacial score (nSPS) is 18.4. The molecule has 0 amide bonds. The van der Waals surface area contributed by atoms with Crippen molar-refractivity contribution in [2.24, 2.45) is 5.92 Å². The van der Waals surface area contributed by atoms with Crippen LogP contribution in [0.4, 0.5) is 0 Å². The van der Waals surface area contributed by atoms with Gasteiger partial charge in [0, 0.05) is 11.1 Å². The Hall–Kier alpha value is -2.89. The van der Waals surface area contributed by atoms with E-state index in [4.69, 9.17) is 14.2 Å². The van der Waals surface area contributed by atoms with Crippen molar-refractivity contribution in [1.29, 1.82) is 0 Å². The fourth-order valence-corrected chi connectivity index (χ4v) is 2.96. The van der Waals surface area contributed by atoms with Crippen molar-refractivity contribution in [3.8, 4) is 0 Å². The summed E-state index contributed by atoms with van der Waals surface area (Å²) in [6, 6.07) is 6.79. The minimum absolute atomic E-state index is 0.126. The molecule has 0 aliphatic heterocycles. The van der Waals surface area contributed by atoms with E-state index in [2.05, 4.69) is 13.2 Å². The summed E-state index contributed by atoms with van der Waals surface area (Å²) in [7, 11) is 0. The largest absolute Gasteiger partial charge is 0.462 e. The Kier molecular flexibility index (Phi) is 8.19. The number of rotatable bonds is 8. The lowest BCUT2D eigenvalue weighted by atomic mass is 9.88. The summed E-state index contributed by atoms with van der Waals surface area (Å²) in [6.45, 7) is 10.8. The number of hydrogen-bond acceptors (Lipinski definition) is 6. The van der Waals surface area contributed by atoms with Gasteiger partial charge in [0.2, 0.25) is 0 Å². The Bertz CT molecular complexity index is 769. The van der Waals surface area contributed by atoms with Gasteiger partial charge in [0.25, 0.3) is 0 Å². The van der Waals surface area contributed by atoms with Gasteiger partial charge in [-0.2, -0.15) is 0 Å². The van der Waals surface area contributed by atoms with Gasteiger partial charge in [-0.05, 0) is 63.1 Å². The summed E-state index contributed by atoms with van der Waals surface area (Å²) in [4.78, 5) is 35.2. The molecule has 1 aliphatic rings. The third-order valence-corrected chi connectivity index (χ3v) is 4.77. The highest BCUT2D eigenvalue weighted by Crippen LogP contribution is 2.27. The first kappa shape index (κ1) is 22.4. The van der Waals surface area contributed by atoms with E-state index in [-0.39, 0.29) is 30.6 Å². The van der Waals surface area contributed by atoms with Crippen LogP contribution in [0, 0.1) is 5.92 Å². The summed E-state index contributed by atoms with van der Waals surface area (Å²) in [5, 5.41) is 0. The minimum atomic E-state index is -0.446. The molecule has 1 fully saturated rings. The van der Waals surface area contributed by atoms with Crippen molar-refractivity contribution in [2.75, 3.05) is 6.61 Å². The molecule has 0 N–H and O–H groups in total. The van der Waals surface area contributed by atoms with E-state index in [0.29, 0.717) is 23.3 Å². The Morgan fingerprint density at radius 2 is 1.45 bits per heavy atom. The number of benzene rings is 1. The SMILES string of the molecule is C=C(C)C(=O)OCc1ccc(C(=O)OC2CCC(COC(=O)C(=C)C)CC2)cc1. The molecule has 1 aromatic carbocycles. The second kappa shape index (κ2) is 10.6. The van der Waals surface area contributed by atoms with E-state index in [1.165, 1.54) is 0 Å². The van der Waals surface area contributed by atoms with E-state index >= 15 is 0 Å². The molecule has 1 aromatic rings. The average Bonchev–Trinajstić information content (AvgIpc) is 2.71. The first-order valence-corrected chi connectivity index (χ1v) is 9.71. The van der Waals surface area contributed by atoms with Gasteiger partial charge >= 0.3 is 17.9 Å². The predicted octanol–water partition coefficient (Wildman–Crippen LogP) is 4.14. The highest BCUT2D eigenvalue weighted by molar-refractivity contribution is 5.89. The second-order valence-electron chi connectivity index (χ2n) is 7.48. The standard InChI is InChI=1S/C23H28O6/c1-15(2)21(24)27-13-17-5-9-19(10-6-17)23(26)29-20-11-7-18(8-12-20)14-28-22(25)16(3)4/h5-6,9-10,18,20H,1,3,7-8,11-14H2,2,4H3. The number of hydrogen-bond donors (Lipinski definition) is 0. The van der Waals surface area contributed by atoms with E-state index < -0.39 is 5.97 Å². The Morgan fingerprint density at radius 3 is 2.00 bits per heavy atom. The molecule has 156 valence electrons. The quantitative estimate of drug-likeness (QED) is 0.371. The molecule has 2 rings (SSSR count). The Balaban J connectivity index is 1.75. The van der Waals surface area contributed by atoms with Crippen molar-refractivity contribution in [3.63, 3.8) is 0 Å². The van der Waals surface area contributed by atoms with Crippen LogP contribution in [0.2, 0.25) is 0 Å². The summed E-state index contributed by atoms with van der Waals surface area (Å²) in [6.07, 6.45) is 3.04. The van der Waals surface area contributed by atoms with Crippen LogP contribution in [0.3, 0.4) is 0 Å². The minimum Gasteiger partial charge on any atom is -0.462 e. The zero-order chi connectivity index (χ0) is 21.4. The van der Waals surface area contributed by atoms with Crippen LogP contribution >= 0.6 is 0 Å². The van der Waals surface area contributed by atoms with Crippen LogP contribution in [0.5, 0.6) is 0 Å². The van der Waals surface area contributed by atoms with Crippen LogP contribution in [-0.4, -0.2) is 30.6 Å². The molecule has 0 heterocycles. The maximum atomic E-state index is 12.4. The lowest BCUT2D eigenvalue weighted by molar-refractivity contribution is -0.141. The molecule has 0 aromatic heterocycles. The summed E-state index contributed by atoms with van der Waals surface area (Å²) in [5.74, 6) is -0.892. The van der Waals surface area contributed by atoms with Gasteiger partial charge in [-0.25, -0.2) is 14.4 Å². The third kappa shape index (κ3) is 7.22. The zero-order valence-electron chi connectivity index (χ0n) is 17.1. The molecule has 6 nitrogen and oxygen atoms in total. The number of carbonyl (C=O) groups is 3. The second-order valence-corrected chi connectivity index (χ2v) is 7.48. The molecule has 0 bridgehead atoms. The monoisotopic (exact) mass is 400 g/mol. The lowest BCUT2D eigenvalue weighted by Crippen LogP contribution is -2.27. The van der Waals surface area contributed by atoms with Crippen molar-refractivity contribution < 1.29 is 28.6 Å². The van der Waals surface area contributed by atoms with Gasteiger partial charge in [-0.3, -0.25) is 0 Å². The molecule has 1 aliphatic carbocycles. The number of esters is 3. The van der Waals surface area contributed by atoms with Gasteiger partial charge in [-0.1, -0.05) is 25.3 Å². The van der Waals surface area contributed by atoms with Gasteiger partial charge in [-0.15, -0.1) is 0 Å². The molecule has 6 heteroatoms. The first-order valence-electron chi connectivity index (χ1n) is 9.71. The average molecular weight is 400 g/mol. The van der Waals surface area contributed by atoms with Crippen LogP contribution in [-0.2, 0) is 30.4 Å². The summed E-state index contributed by atoms with van der Waals surface area (Å²) in [5.41, 5.74) is 1.97. The molecule has 0 atom stereocenters. The third-order valence-electron chi connectivity index (χ3n) is 4.77. The Morgan fingerprint density at radius 1 is 0.897 bits per heavy atom. The highest BCUT2D eigenvalue weighted by atomic mass is 16.5. The molecule has 0 spiro atoms. The van der Waals surface area contributed by atoms with Crippen molar-refractivity contribution in [1.82, 2.24) is 0 Å². The maximum absolute atomic E-state index is 12.4. The van der Waals surface area contributed by atoms with Crippen LogP contribution in [0.15, 0.2) is 48.6 Å². The molecule has 0 saturated heterocycles. The van der Waals surface area contributed by atoms with E-state index in [1.54, 1.807) is 38.1 Å². The fraction of sp³-hybridized carbons (Fsp3) is 0.435. The number of carbonyl (C=O) groups excluding carboxylic acids is 3. The van der Waals surface area contributed by atoms with E-state index in [9.17, 15) is 14.4 Å². The van der Waals surface area contributed by atoms with E-state index in [0.717, 1.165) is 31.2 Å². The predicted molar refractivity (Wildman–Crippen MR) is 108 cm³/mol. The van der Waals surface area contributed by atoms with Crippen LogP contribution < -0.4 is 0 Å². The highest BCUT2D eigenvalue weighted by Gasteiger charge is 2.25. The molecular formula is C23H28O6. The maximum Gasteiger partial charge on any atom is 0.338 e. The van der Waals surface area contributed by atoms with Crippen molar-refractivity contribution in [2.45, 2.75) is 52.2 Å². The molecular weight excluding hydrogens is 372 g/mol. The topological polar surface area (TPSA) is 78.9 Å². The summed E-state index contributed by atoms with van der Waals surface area (Å²) >= 11 is 0. The van der Waals surface area contributed by atoms with E-state index in [1.807, 2.05) is 0 Å². The van der Waals surface area contributed by atoms with Crippen LogP contribution in [0.25, 0.3) is 0 Å². The lowest BCUT2D eigenvalue weighted by Gasteiger charge is -2.28. The van der Waals surface area contributed by atoms with Gasteiger partial charge in [0.15, 0.2) is 0 Å². The fourth-order valence-electron chi connectivity index (χ4n) is 2.96. The molecule has 0 radical (unpaired) electrons. The summed E-state index contributed by atoms with van der Waals surface area (Å²) < 4.78 is 15.9. The molecule has 0 unspecified atom stereocenters. The first-order chi connectivity index (χ1) is 13.8.